The van der Waals surface area contributed by atoms with Crippen LogP contribution in [0.15, 0.2) is 52.1 Å². The fourth-order valence-corrected chi connectivity index (χ4v) is 4.51. The van der Waals surface area contributed by atoms with E-state index < -0.39 is 12.0 Å². The fourth-order valence-electron chi connectivity index (χ4n) is 3.93. The van der Waals surface area contributed by atoms with Gasteiger partial charge in [-0.25, -0.2) is 4.79 Å². The molecule has 0 spiro atoms. The van der Waals surface area contributed by atoms with Gasteiger partial charge in [-0.15, -0.1) is 0 Å². The molecule has 0 amide bonds. The van der Waals surface area contributed by atoms with Gasteiger partial charge in [0.15, 0.2) is 11.5 Å². The number of hydrogen-bond donors (Lipinski definition) is 1. The second-order valence-electron chi connectivity index (χ2n) is 8.45. The number of carbonyl (C=O) groups is 1. The molecule has 1 N–H and O–H groups in total. The van der Waals surface area contributed by atoms with E-state index in [4.69, 9.17) is 14.2 Å². The number of allylic oxidation sites excluding steroid dienone is 1. The minimum Gasteiger partial charge on any atom is -0.490 e. The number of benzene rings is 2. The van der Waals surface area contributed by atoms with E-state index in [-0.39, 0.29) is 6.10 Å². The van der Waals surface area contributed by atoms with E-state index in [0.29, 0.717) is 46.4 Å². The number of anilines is 1. The minimum atomic E-state index is -0.617. The van der Waals surface area contributed by atoms with Crippen molar-refractivity contribution in [2.45, 2.75) is 53.4 Å². The van der Waals surface area contributed by atoms with Gasteiger partial charge in [0.05, 0.1) is 22.8 Å². The Bertz CT molecular complexity index is 1270. The zero-order chi connectivity index (χ0) is 25.1. The average Bonchev–Trinajstić information content (AvgIpc) is 3.26. The van der Waals surface area contributed by atoms with Gasteiger partial charge in [0, 0.05) is 5.70 Å². The van der Waals surface area contributed by atoms with Crippen LogP contribution >= 0.6 is 15.9 Å². The Morgan fingerprint density at radius 1 is 1.20 bits per heavy atom. The summed E-state index contributed by atoms with van der Waals surface area (Å²) in [6, 6.07) is 11.2. The zero-order valence-electron chi connectivity index (χ0n) is 20.3. The molecular formula is C25H28BrN5O4. The molecule has 1 aliphatic heterocycles. The summed E-state index contributed by atoms with van der Waals surface area (Å²) in [5, 5.41) is 15.1. The van der Waals surface area contributed by atoms with Crippen LogP contribution in [-0.2, 0) is 16.1 Å². The van der Waals surface area contributed by atoms with Crippen molar-refractivity contribution in [2.24, 2.45) is 0 Å². The third-order valence-electron chi connectivity index (χ3n) is 5.56. The Hall–Kier alpha value is -3.40. The number of rotatable bonds is 8. The Morgan fingerprint density at radius 3 is 2.69 bits per heavy atom. The number of halogens is 1. The van der Waals surface area contributed by atoms with Crippen molar-refractivity contribution in [1.82, 2.24) is 20.2 Å². The molecule has 0 saturated heterocycles. The molecule has 184 valence electrons. The minimum absolute atomic E-state index is 0.276. The summed E-state index contributed by atoms with van der Waals surface area (Å²) in [6.07, 6.45) is -0.276. The highest BCUT2D eigenvalue weighted by Crippen LogP contribution is 2.43. The maximum Gasteiger partial charge on any atom is 0.338 e. The first-order valence-electron chi connectivity index (χ1n) is 11.4. The highest BCUT2D eigenvalue weighted by molar-refractivity contribution is 9.10. The van der Waals surface area contributed by atoms with Gasteiger partial charge in [0.25, 0.3) is 0 Å². The van der Waals surface area contributed by atoms with Crippen LogP contribution in [-0.4, -0.2) is 38.9 Å². The Balaban J connectivity index is 1.76. The first-order valence-corrected chi connectivity index (χ1v) is 12.2. The Kier molecular flexibility index (Phi) is 7.39. The summed E-state index contributed by atoms with van der Waals surface area (Å²) in [6.45, 7) is 10.2. The molecule has 1 aliphatic rings. The lowest BCUT2D eigenvalue weighted by Gasteiger charge is -2.28. The molecule has 2 aromatic carbocycles. The highest BCUT2D eigenvalue weighted by atomic mass is 79.9. The standard InChI is InChI=1S/C25H28BrN5O4/c1-6-33-20-12-18(11-19(26)23(20)34-13-17-10-8-7-9-15(17)4)22-21(24(32)35-14(2)3)16(5)27-25-28-29-30-31(22)25/h7-12,14,22H,6,13H2,1-5H3,(H,27,28,30). The molecule has 9 nitrogen and oxygen atoms in total. The van der Waals surface area contributed by atoms with Crippen LogP contribution in [0.5, 0.6) is 11.5 Å². The number of ether oxygens (including phenoxy) is 3. The Labute approximate surface area is 212 Å². The smallest absolute Gasteiger partial charge is 0.338 e. The number of aromatic nitrogens is 4. The molecule has 0 fully saturated rings. The van der Waals surface area contributed by atoms with E-state index in [1.54, 1.807) is 11.6 Å². The summed E-state index contributed by atoms with van der Waals surface area (Å²) in [5.41, 5.74) is 4.01. The summed E-state index contributed by atoms with van der Waals surface area (Å²) in [5.74, 6) is 1.12. The van der Waals surface area contributed by atoms with Gasteiger partial charge in [-0.2, -0.15) is 4.68 Å². The van der Waals surface area contributed by atoms with Crippen molar-refractivity contribution in [1.29, 1.82) is 0 Å². The molecule has 0 radical (unpaired) electrons. The molecule has 1 aromatic heterocycles. The number of esters is 1. The molecule has 1 unspecified atom stereocenters. The molecule has 35 heavy (non-hydrogen) atoms. The number of nitrogens with one attached hydrogen (secondary N) is 1. The van der Waals surface area contributed by atoms with E-state index in [1.807, 2.05) is 64.1 Å². The van der Waals surface area contributed by atoms with Crippen LogP contribution in [0, 0.1) is 6.92 Å². The summed E-state index contributed by atoms with van der Waals surface area (Å²) < 4.78 is 20.0. The van der Waals surface area contributed by atoms with E-state index >= 15 is 0 Å². The lowest BCUT2D eigenvalue weighted by Crippen LogP contribution is -2.30. The maximum absolute atomic E-state index is 13.1. The second-order valence-corrected chi connectivity index (χ2v) is 9.30. The number of nitrogens with zero attached hydrogens (tertiary/aromatic N) is 4. The molecular weight excluding hydrogens is 514 g/mol. The van der Waals surface area contributed by atoms with Crippen molar-refractivity contribution in [3.63, 3.8) is 0 Å². The lowest BCUT2D eigenvalue weighted by atomic mass is 9.95. The number of hydrogen-bond acceptors (Lipinski definition) is 8. The number of aryl methyl sites for hydroxylation is 1. The SMILES string of the molecule is CCOc1cc(C2C(C(=O)OC(C)C)=C(C)Nc3nnnn32)cc(Br)c1OCc1ccccc1C. The van der Waals surface area contributed by atoms with Crippen molar-refractivity contribution in [2.75, 3.05) is 11.9 Å². The van der Waals surface area contributed by atoms with Gasteiger partial charge in [-0.3, -0.25) is 0 Å². The predicted molar refractivity (Wildman–Crippen MR) is 134 cm³/mol. The van der Waals surface area contributed by atoms with Crippen LogP contribution in [0.3, 0.4) is 0 Å². The topological polar surface area (TPSA) is 100 Å². The highest BCUT2D eigenvalue weighted by Gasteiger charge is 2.36. The van der Waals surface area contributed by atoms with Crippen LogP contribution in [0.1, 0.15) is 50.4 Å². The molecule has 4 rings (SSSR count). The summed E-state index contributed by atoms with van der Waals surface area (Å²) >= 11 is 3.66. The molecule has 0 saturated carbocycles. The van der Waals surface area contributed by atoms with Crippen LogP contribution < -0.4 is 14.8 Å². The maximum atomic E-state index is 13.1. The van der Waals surface area contributed by atoms with Crippen molar-refractivity contribution < 1.29 is 19.0 Å². The van der Waals surface area contributed by atoms with Crippen LogP contribution in [0.2, 0.25) is 0 Å². The molecule has 0 bridgehead atoms. The monoisotopic (exact) mass is 541 g/mol. The number of tetrazole rings is 1. The first-order chi connectivity index (χ1) is 16.8. The van der Waals surface area contributed by atoms with Gasteiger partial charge in [-0.1, -0.05) is 29.4 Å². The third kappa shape index (κ3) is 5.17. The van der Waals surface area contributed by atoms with Crippen molar-refractivity contribution in [3.05, 3.63) is 68.8 Å². The van der Waals surface area contributed by atoms with E-state index in [1.165, 1.54) is 0 Å². The van der Waals surface area contributed by atoms with Gasteiger partial charge < -0.3 is 19.5 Å². The zero-order valence-corrected chi connectivity index (χ0v) is 21.9. The summed E-state index contributed by atoms with van der Waals surface area (Å²) in [7, 11) is 0. The quantitative estimate of drug-likeness (QED) is 0.399. The lowest BCUT2D eigenvalue weighted by molar-refractivity contribution is -0.143. The average molecular weight is 542 g/mol. The van der Waals surface area contributed by atoms with Gasteiger partial charge in [0.2, 0.25) is 5.95 Å². The van der Waals surface area contributed by atoms with Gasteiger partial charge in [-0.05, 0) is 89.8 Å². The largest absolute Gasteiger partial charge is 0.490 e. The van der Waals surface area contributed by atoms with Crippen LogP contribution in [0.4, 0.5) is 5.95 Å². The predicted octanol–water partition coefficient (Wildman–Crippen LogP) is 4.96. The van der Waals surface area contributed by atoms with Crippen molar-refractivity contribution in [3.8, 4) is 11.5 Å². The van der Waals surface area contributed by atoms with Gasteiger partial charge in [0.1, 0.15) is 12.6 Å². The van der Waals surface area contributed by atoms with E-state index in [0.717, 1.165) is 16.7 Å². The molecule has 10 heteroatoms. The number of carbonyl (C=O) groups excluding carboxylic acids is 1. The normalized spacial score (nSPS) is 15.0. The summed E-state index contributed by atoms with van der Waals surface area (Å²) in [4.78, 5) is 13.1. The molecule has 3 aromatic rings. The van der Waals surface area contributed by atoms with Crippen LogP contribution in [0.25, 0.3) is 0 Å². The fraction of sp³-hybridized carbons (Fsp3) is 0.360. The molecule has 1 atom stereocenters. The van der Waals surface area contributed by atoms with E-state index in [2.05, 4.69) is 36.8 Å². The van der Waals surface area contributed by atoms with Crippen molar-refractivity contribution >= 4 is 27.8 Å². The molecule has 0 aliphatic carbocycles. The number of fused-ring (bicyclic) bond motifs is 1. The second kappa shape index (κ2) is 10.5. The van der Waals surface area contributed by atoms with Gasteiger partial charge >= 0.3 is 5.97 Å². The third-order valence-corrected chi connectivity index (χ3v) is 6.15. The Morgan fingerprint density at radius 2 is 1.97 bits per heavy atom. The van der Waals surface area contributed by atoms with E-state index in [9.17, 15) is 4.79 Å². The molecule has 2 heterocycles. The first kappa shape index (κ1) is 24.7.